The molecule has 0 unspecified atom stereocenters. The van der Waals surface area contributed by atoms with Crippen molar-refractivity contribution in [2.24, 2.45) is 0 Å². The van der Waals surface area contributed by atoms with Crippen LogP contribution in [0.15, 0.2) is 0 Å². The molecule has 0 aliphatic carbocycles. The standard InChI is InChI=1S/C12H24N2O2/c1-5-14(10-7-6-8-13-9-10)11(15)16-12(2,3)4/h10,13H,5-9H2,1-4H3/t10-/m1/s1. The van der Waals surface area contributed by atoms with Crippen LogP contribution in [0.25, 0.3) is 0 Å². The molecule has 1 heterocycles. The Morgan fingerprint density at radius 3 is 2.62 bits per heavy atom. The molecule has 0 aromatic carbocycles. The number of carbonyl (C=O) groups excluding carboxylic acids is 1. The number of carbonyl (C=O) groups is 1. The van der Waals surface area contributed by atoms with Crippen LogP contribution in [0.1, 0.15) is 40.5 Å². The van der Waals surface area contributed by atoms with Gasteiger partial charge in [0.25, 0.3) is 0 Å². The molecule has 0 saturated carbocycles. The molecule has 1 aliphatic heterocycles. The zero-order chi connectivity index (χ0) is 12.2. The highest BCUT2D eigenvalue weighted by Crippen LogP contribution is 2.15. The van der Waals surface area contributed by atoms with Gasteiger partial charge in [-0.15, -0.1) is 0 Å². The first-order valence-corrected chi connectivity index (χ1v) is 6.14. The van der Waals surface area contributed by atoms with Crippen molar-refractivity contribution in [3.63, 3.8) is 0 Å². The van der Waals surface area contributed by atoms with Crippen LogP contribution in [-0.2, 0) is 4.74 Å². The predicted molar refractivity (Wildman–Crippen MR) is 64.5 cm³/mol. The molecule has 4 nitrogen and oxygen atoms in total. The summed E-state index contributed by atoms with van der Waals surface area (Å²) in [6.45, 7) is 10.4. The van der Waals surface area contributed by atoms with E-state index in [9.17, 15) is 4.79 Å². The maximum atomic E-state index is 12.0. The van der Waals surface area contributed by atoms with E-state index in [4.69, 9.17) is 4.74 Å². The summed E-state index contributed by atoms with van der Waals surface area (Å²) < 4.78 is 5.40. The third-order valence-electron chi connectivity index (χ3n) is 2.68. The molecular weight excluding hydrogens is 204 g/mol. The van der Waals surface area contributed by atoms with Crippen molar-refractivity contribution in [1.29, 1.82) is 0 Å². The first kappa shape index (κ1) is 13.3. The summed E-state index contributed by atoms with van der Waals surface area (Å²) in [5.74, 6) is 0. The van der Waals surface area contributed by atoms with Gasteiger partial charge < -0.3 is 15.0 Å². The Morgan fingerprint density at radius 2 is 2.19 bits per heavy atom. The van der Waals surface area contributed by atoms with E-state index in [2.05, 4.69) is 5.32 Å². The fourth-order valence-electron chi connectivity index (χ4n) is 1.96. The van der Waals surface area contributed by atoms with Crippen molar-refractivity contribution in [2.45, 2.75) is 52.2 Å². The first-order chi connectivity index (χ1) is 7.44. The van der Waals surface area contributed by atoms with E-state index in [1.54, 1.807) is 0 Å². The van der Waals surface area contributed by atoms with Crippen LogP contribution < -0.4 is 5.32 Å². The largest absolute Gasteiger partial charge is 0.444 e. The van der Waals surface area contributed by atoms with Crippen molar-refractivity contribution in [3.05, 3.63) is 0 Å². The molecule has 0 radical (unpaired) electrons. The van der Waals surface area contributed by atoms with Gasteiger partial charge in [-0.2, -0.15) is 0 Å². The van der Waals surface area contributed by atoms with E-state index in [1.807, 2.05) is 32.6 Å². The molecule has 0 aromatic rings. The lowest BCUT2D eigenvalue weighted by atomic mass is 10.1. The van der Waals surface area contributed by atoms with Crippen LogP contribution in [0.4, 0.5) is 4.79 Å². The van der Waals surface area contributed by atoms with E-state index in [0.717, 1.165) is 25.9 Å². The maximum Gasteiger partial charge on any atom is 0.410 e. The number of ether oxygens (including phenoxy) is 1. The molecule has 16 heavy (non-hydrogen) atoms. The summed E-state index contributed by atoms with van der Waals surface area (Å²) in [5, 5.41) is 3.32. The van der Waals surface area contributed by atoms with Gasteiger partial charge in [-0.1, -0.05) is 0 Å². The van der Waals surface area contributed by atoms with E-state index in [0.29, 0.717) is 6.54 Å². The Labute approximate surface area is 98.3 Å². The quantitative estimate of drug-likeness (QED) is 0.786. The molecule has 1 N–H and O–H groups in total. The summed E-state index contributed by atoms with van der Waals surface area (Å²) >= 11 is 0. The predicted octanol–water partition coefficient (Wildman–Crippen LogP) is 2.00. The Hall–Kier alpha value is -0.770. The third kappa shape index (κ3) is 4.00. The van der Waals surface area contributed by atoms with Gasteiger partial charge in [0.1, 0.15) is 5.60 Å². The SMILES string of the molecule is CCN(C(=O)OC(C)(C)C)[C@@H]1CCCNC1. The maximum absolute atomic E-state index is 12.0. The average molecular weight is 228 g/mol. The van der Waals surface area contributed by atoms with Crippen LogP contribution in [0.2, 0.25) is 0 Å². The summed E-state index contributed by atoms with van der Waals surface area (Å²) in [4.78, 5) is 13.8. The molecule has 1 fully saturated rings. The first-order valence-electron chi connectivity index (χ1n) is 6.14. The lowest BCUT2D eigenvalue weighted by Gasteiger charge is -2.35. The van der Waals surface area contributed by atoms with Crippen LogP contribution in [0, 0.1) is 0 Å². The summed E-state index contributed by atoms with van der Waals surface area (Å²) in [5.41, 5.74) is -0.410. The Morgan fingerprint density at radius 1 is 1.50 bits per heavy atom. The van der Waals surface area contributed by atoms with Crippen molar-refractivity contribution >= 4 is 6.09 Å². The van der Waals surface area contributed by atoms with Gasteiger partial charge in [-0.05, 0) is 47.1 Å². The monoisotopic (exact) mass is 228 g/mol. The number of nitrogens with one attached hydrogen (secondary N) is 1. The van der Waals surface area contributed by atoms with Gasteiger partial charge in [0, 0.05) is 19.1 Å². The minimum absolute atomic E-state index is 0.191. The number of nitrogens with zero attached hydrogens (tertiary/aromatic N) is 1. The number of amides is 1. The summed E-state index contributed by atoms with van der Waals surface area (Å²) in [6, 6.07) is 0.286. The fraction of sp³-hybridized carbons (Fsp3) is 0.917. The Kier molecular flexibility index (Phi) is 4.59. The highest BCUT2D eigenvalue weighted by atomic mass is 16.6. The van der Waals surface area contributed by atoms with Gasteiger partial charge >= 0.3 is 6.09 Å². The molecule has 1 rings (SSSR count). The second-order valence-corrected chi connectivity index (χ2v) is 5.27. The number of likely N-dealkylation sites (N-methyl/N-ethyl adjacent to an activating group) is 1. The van der Waals surface area contributed by atoms with Gasteiger partial charge in [-0.3, -0.25) is 0 Å². The topological polar surface area (TPSA) is 41.6 Å². The number of hydrogen-bond donors (Lipinski definition) is 1. The smallest absolute Gasteiger partial charge is 0.410 e. The molecule has 0 spiro atoms. The average Bonchev–Trinajstić information content (AvgIpc) is 2.17. The number of hydrogen-bond acceptors (Lipinski definition) is 3. The fourth-order valence-corrected chi connectivity index (χ4v) is 1.96. The van der Waals surface area contributed by atoms with Crippen LogP contribution >= 0.6 is 0 Å². The lowest BCUT2D eigenvalue weighted by Crippen LogP contribution is -2.50. The lowest BCUT2D eigenvalue weighted by molar-refractivity contribution is 0.0149. The zero-order valence-electron chi connectivity index (χ0n) is 10.9. The van der Waals surface area contributed by atoms with Crippen LogP contribution in [0.3, 0.4) is 0 Å². The highest BCUT2D eigenvalue weighted by molar-refractivity contribution is 5.68. The van der Waals surface area contributed by atoms with E-state index in [-0.39, 0.29) is 12.1 Å². The van der Waals surface area contributed by atoms with Crippen LogP contribution in [-0.4, -0.2) is 42.3 Å². The van der Waals surface area contributed by atoms with Gasteiger partial charge in [-0.25, -0.2) is 4.79 Å². The molecule has 1 atom stereocenters. The van der Waals surface area contributed by atoms with E-state index < -0.39 is 5.60 Å². The molecular formula is C12H24N2O2. The van der Waals surface area contributed by atoms with Crippen molar-refractivity contribution in [1.82, 2.24) is 10.2 Å². The number of rotatable bonds is 2. The summed E-state index contributed by atoms with van der Waals surface area (Å²) in [6.07, 6.45) is 2.01. The molecule has 0 bridgehead atoms. The van der Waals surface area contributed by atoms with Gasteiger partial charge in [0.2, 0.25) is 0 Å². The van der Waals surface area contributed by atoms with E-state index >= 15 is 0 Å². The minimum atomic E-state index is -0.410. The Balaban J connectivity index is 2.55. The number of piperidine rings is 1. The molecule has 1 saturated heterocycles. The summed E-state index contributed by atoms with van der Waals surface area (Å²) in [7, 11) is 0. The van der Waals surface area contributed by atoms with E-state index in [1.165, 1.54) is 0 Å². The van der Waals surface area contributed by atoms with Gasteiger partial charge in [0.15, 0.2) is 0 Å². The van der Waals surface area contributed by atoms with Crippen molar-refractivity contribution in [3.8, 4) is 0 Å². The second kappa shape index (κ2) is 5.53. The Bertz CT molecular complexity index is 230. The zero-order valence-corrected chi connectivity index (χ0v) is 10.9. The molecule has 0 aromatic heterocycles. The van der Waals surface area contributed by atoms with Gasteiger partial charge in [0.05, 0.1) is 0 Å². The second-order valence-electron chi connectivity index (χ2n) is 5.27. The minimum Gasteiger partial charge on any atom is -0.444 e. The third-order valence-corrected chi connectivity index (χ3v) is 2.68. The normalized spacial score (nSPS) is 21.6. The van der Waals surface area contributed by atoms with Crippen LogP contribution in [0.5, 0.6) is 0 Å². The molecule has 94 valence electrons. The molecule has 4 heteroatoms. The van der Waals surface area contributed by atoms with Crippen molar-refractivity contribution in [2.75, 3.05) is 19.6 Å². The molecule has 1 aliphatic rings. The molecule has 1 amide bonds. The van der Waals surface area contributed by atoms with Crippen molar-refractivity contribution < 1.29 is 9.53 Å². The highest BCUT2D eigenvalue weighted by Gasteiger charge is 2.27.